The minimum absolute atomic E-state index is 0.251. The van der Waals surface area contributed by atoms with E-state index in [4.69, 9.17) is 10.8 Å². The Labute approximate surface area is 118 Å². The van der Waals surface area contributed by atoms with Crippen LogP contribution in [0.1, 0.15) is 35.7 Å². The monoisotopic (exact) mass is 304 g/mol. The smallest absolute Gasteiger partial charge is 0.416 e. The van der Waals surface area contributed by atoms with Gasteiger partial charge in [0.05, 0.1) is 17.2 Å². The molecule has 5 nitrogen and oxygen atoms in total. The second kappa shape index (κ2) is 6.57. The molecule has 0 saturated heterocycles. The van der Waals surface area contributed by atoms with Gasteiger partial charge in [0.15, 0.2) is 0 Å². The number of nitrogens with two attached hydrogens (primary N) is 1. The Hall–Kier alpha value is -2.09. The van der Waals surface area contributed by atoms with Crippen LogP contribution in [0.3, 0.4) is 0 Å². The quantitative estimate of drug-likeness (QED) is 0.779. The second-order valence-corrected chi connectivity index (χ2v) is 4.49. The maximum atomic E-state index is 12.7. The third-order valence-corrected chi connectivity index (χ3v) is 2.71. The molecular formula is C13H15F3N2O3. The lowest BCUT2D eigenvalue weighted by Gasteiger charge is -2.14. The first-order valence-electron chi connectivity index (χ1n) is 6.17. The first kappa shape index (κ1) is 17.0. The number of nitrogens with one attached hydrogen (secondary N) is 1. The highest BCUT2D eigenvalue weighted by Crippen LogP contribution is 2.32. The van der Waals surface area contributed by atoms with Crippen LogP contribution in [0.15, 0.2) is 18.2 Å². The standard InChI is InChI=1S/C13H15F3N2O3/c1-2-3-10(17)11(19)18-9-5-7(12(20)21)4-8(6-9)13(14,15)16/h4-6,10H,2-3,17H2,1H3,(H,18,19)(H,20,21)/t10-/m1/s1. The number of hydrogen-bond acceptors (Lipinski definition) is 3. The van der Waals surface area contributed by atoms with Crippen LogP contribution in [0.4, 0.5) is 18.9 Å². The zero-order valence-electron chi connectivity index (χ0n) is 11.2. The number of carbonyl (C=O) groups is 2. The lowest BCUT2D eigenvalue weighted by molar-refractivity contribution is -0.137. The molecule has 4 N–H and O–H groups in total. The van der Waals surface area contributed by atoms with Crippen molar-refractivity contribution in [2.45, 2.75) is 32.0 Å². The summed E-state index contributed by atoms with van der Waals surface area (Å²) < 4.78 is 38.1. The number of hydrogen-bond donors (Lipinski definition) is 3. The average Bonchev–Trinajstić information content (AvgIpc) is 2.37. The van der Waals surface area contributed by atoms with Crippen molar-refractivity contribution in [2.75, 3.05) is 5.32 Å². The molecule has 116 valence electrons. The minimum atomic E-state index is -4.71. The molecule has 8 heteroatoms. The Bertz CT molecular complexity index is 544. The number of amides is 1. The molecule has 0 aliphatic carbocycles. The Morgan fingerprint density at radius 3 is 2.43 bits per heavy atom. The van der Waals surface area contributed by atoms with Gasteiger partial charge in [0.25, 0.3) is 0 Å². The highest BCUT2D eigenvalue weighted by atomic mass is 19.4. The van der Waals surface area contributed by atoms with Gasteiger partial charge in [-0.1, -0.05) is 13.3 Å². The predicted octanol–water partition coefficient (Wildman–Crippen LogP) is 2.47. The first-order valence-corrected chi connectivity index (χ1v) is 6.17. The van der Waals surface area contributed by atoms with Gasteiger partial charge in [0, 0.05) is 5.69 Å². The van der Waals surface area contributed by atoms with E-state index in [1.807, 2.05) is 0 Å². The van der Waals surface area contributed by atoms with Gasteiger partial charge in [-0.05, 0) is 24.6 Å². The maximum absolute atomic E-state index is 12.7. The van der Waals surface area contributed by atoms with Gasteiger partial charge < -0.3 is 16.2 Å². The van der Waals surface area contributed by atoms with E-state index in [1.54, 1.807) is 6.92 Å². The van der Waals surface area contributed by atoms with Gasteiger partial charge in [0.2, 0.25) is 5.91 Å². The van der Waals surface area contributed by atoms with E-state index in [-0.39, 0.29) is 5.69 Å². The Morgan fingerprint density at radius 1 is 1.33 bits per heavy atom. The molecule has 1 rings (SSSR count). The van der Waals surface area contributed by atoms with Crippen molar-refractivity contribution >= 4 is 17.6 Å². The molecule has 1 aromatic rings. The summed E-state index contributed by atoms with van der Waals surface area (Å²) in [6.45, 7) is 1.81. The van der Waals surface area contributed by atoms with Crippen molar-refractivity contribution in [2.24, 2.45) is 5.73 Å². The molecule has 0 aliphatic heterocycles. The predicted molar refractivity (Wildman–Crippen MR) is 69.9 cm³/mol. The number of carboxylic acids is 1. The largest absolute Gasteiger partial charge is 0.478 e. The number of rotatable bonds is 5. The van der Waals surface area contributed by atoms with E-state index < -0.39 is 35.2 Å². The minimum Gasteiger partial charge on any atom is -0.478 e. The molecule has 0 fully saturated rings. The van der Waals surface area contributed by atoms with Gasteiger partial charge in [-0.15, -0.1) is 0 Å². The van der Waals surface area contributed by atoms with E-state index in [0.717, 1.165) is 6.07 Å². The third-order valence-electron chi connectivity index (χ3n) is 2.71. The van der Waals surface area contributed by atoms with Crippen molar-refractivity contribution in [3.63, 3.8) is 0 Å². The summed E-state index contributed by atoms with van der Waals surface area (Å²) in [5.41, 5.74) is 3.58. The molecule has 0 unspecified atom stereocenters. The lowest BCUT2D eigenvalue weighted by Crippen LogP contribution is -2.35. The summed E-state index contributed by atoms with van der Waals surface area (Å²) in [5.74, 6) is -2.18. The summed E-state index contributed by atoms with van der Waals surface area (Å²) in [6.07, 6.45) is -3.70. The van der Waals surface area contributed by atoms with E-state index >= 15 is 0 Å². The number of carboxylic acid groups (broad SMARTS) is 1. The highest BCUT2D eigenvalue weighted by molar-refractivity contribution is 5.96. The molecule has 0 saturated carbocycles. The fourth-order valence-electron chi connectivity index (χ4n) is 1.66. The van der Waals surface area contributed by atoms with Gasteiger partial charge in [0.1, 0.15) is 0 Å². The SMILES string of the molecule is CCC[C@@H](N)C(=O)Nc1cc(C(=O)O)cc(C(F)(F)F)c1. The second-order valence-electron chi connectivity index (χ2n) is 4.49. The van der Waals surface area contributed by atoms with Crippen LogP contribution in [-0.2, 0) is 11.0 Å². The molecule has 21 heavy (non-hydrogen) atoms. The van der Waals surface area contributed by atoms with Crippen LogP contribution < -0.4 is 11.1 Å². The zero-order valence-corrected chi connectivity index (χ0v) is 11.2. The van der Waals surface area contributed by atoms with Crippen LogP contribution in [0.2, 0.25) is 0 Å². The molecule has 0 spiro atoms. The summed E-state index contributed by atoms with van der Waals surface area (Å²) >= 11 is 0. The zero-order chi connectivity index (χ0) is 16.2. The van der Waals surface area contributed by atoms with E-state index in [0.29, 0.717) is 25.0 Å². The van der Waals surface area contributed by atoms with Crippen molar-refractivity contribution < 1.29 is 27.9 Å². The van der Waals surface area contributed by atoms with E-state index in [2.05, 4.69) is 5.32 Å². The van der Waals surface area contributed by atoms with Crippen molar-refractivity contribution in [1.82, 2.24) is 0 Å². The Kier molecular flexibility index (Phi) is 5.31. The summed E-state index contributed by atoms with van der Waals surface area (Å²) in [4.78, 5) is 22.5. The molecule has 1 aromatic carbocycles. The number of anilines is 1. The summed E-state index contributed by atoms with van der Waals surface area (Å²) in [5, 5.41) is 11.0. The number of halogens is 3. The van der Waals surface area contributed by atoms with Crippen molar-refractivity contribution in [3.8, 4) is 0 Å². The lowest BCUT2D eigenvalue weighted by atomic mass is 10.1. The molecule has 0 radical (unpaired) electrons. The van der Waals surface area contributed by atoms with E-state index in [9.17, 15) is 22.8 Å². The fourth-order valence-corrected chi connectivity index (χ4v) is 1.66. The topological polar surface area (TPSA) is 92.4 Å². The normalized spacial score (nSPS) is 12.8. The molecule has 0 bridgehead atoms. The third kappa shape index (κ3) is 4.75. The van der Waals surface area contributed by atoms with Crippen molar-refractivity contribution in [1.29, 1.82) is 0 Å². The van der Waals surface area contributed by atoms with Crippen LogP contribution in [-0.4, -0.2) is 23.0 Å². The number of aromatic carboxylic acids is 1. The molecule has 0 aromatic heterocycles. The average molecular weight is 304 g/mol. The van der Waals surface area contributed by atoms with E-state index in [1.165, 1.54) is 0 Å². The summed E-state index contributed by atoms with van der Waals surface area (Å²) in [7, 11) is 0. The summed E-state index contributed by atoms with van der Waals surface area (Å²) in [6, 6.07) is 1.26. The van der Waals surface area contributed by atoms with Gasteiger partial charge >= 0.3 is 12.1 Å². The first-order chi connectivity index (χ1) is 9.65. The molecule has 1 amide bonds. The maximum Gasteiger partial charge on any atom is 0.416 e. The molecular weight excluding hydrogens is 289 g/mol. The molecule has 0 heterocycles. The Morgan fingerprint density at radius 2 is 1.95 bits per heavy atom. The van der Waals surface area contributed by atoms with Gasteiger partial charge in [-0.2, -0.15) is 13.2 Å². The molecule has 0 aliphatic rings. The van der Waals surface area contributed by atoms with Gasteiger partial charge in [-0.3, -0.25) is 4.79 Å². The number of alkyl halides is 3. The fraction of sp³-hybridized carbons (Fsp3) is 0.385. The Balaban J connectivity index is 3.09. The van der Waals surface area contributed by atoms with Crippen molar-refractivity contribution in [3.05, 3.63) is 29.3 Å². The van der Waals surface area contributed by atoms with Crippen LogP contribution in [0.25, 0.3) is 0 Å². The molecule has 1 atom stereocenters. The van der Waals surface area contributed by atoms with Crippen LogP contribution in [0, 0.1) is 0 Å². The van der Waals surface area contributed by atoms with Crippen LogP contribution in [0.5, 0.6) is 0 Å². The number of benzene rings is 1. The number of carbonyl (C=O) groups excluding carboxylic acids is 1. The highest BCUT2D eigenvalue weighted by Gasteiger charge is 2.32. The van der Waals surface area contributed by atoms with Gasteiger partial charge in [-0.25, -0.2) is 4.79 Å². The van der Waals surface area contributed by atoms with Crippen LogP contribution >= 0.6 is 0 Å².